The van der Waals surface area contributed by atoms with E-state index in [1.165, 1.54) is 0 Å². The van der Waals surface area contributed by atoms with Crippen LogP contribution in [0.3, 0.4) is 0 Å². The van der Waals surface area contributed by atoms with Crippen molar-refractivity contribution in [3.05, 3.63) is 136 Å². The Labute approximate surface area is 232 Å². The molecule has 1 heterocycles. The summed E-state index contributed by atoms with van der Waals surface area (Å²) < 4.78 is 7.63. The van der Waals surface area contributed by atoms with E-state index in [4.69, 9.17) is 16.3 Å². The van der Waals surface area contributed by atoms with Crippen molar-refractivity contribution in [3.63, 3.8) is 0 Å². The normalized spacial score (nSPS) is 11.1. The number of aryl methyl sites for hydroxylation is 2. The summed E-state index contributed by atoms with van der Waals surface area (Å²) in [5.74, 6) is 0.313. The molecule has 194 valence electrons. The van der Waals surface area contributed by atoms with Crippen LogP contribution in [-0.4, -0.2) is 21.9 Å². The third-order valence-corrected chi connectivity index (χ3v) is 6.61. The maximum atomic E-state index is 13.0. The van der Waals surface area contributed by atoms with E-state index in [0.717, 1.165) is 39.2 Å². The Bertz CT molecular complexity index is 1620. The van der Waals surface area contributed by atoms with Crippen molar-refractivity contribution in [2.45, 2.75) is 20.5 Å². The molecule has 0 aliphatic rings. The second kappa shape index (κ2) is 11.8. The van der Waals surface area contributed by atoms with Crippen molar-refractivity contribution in [1.29, 1.82) is 0 Å². The van der Waals surface area contributed by atoms with Gasteiger partial charge in [0, 0.05) is 16.1 Å². The molecule has 1 amide bonds. The molecule has 1 aromatic heterocycles. The number of hydrogen-bond acceptors (Lipinski definition) is 4. The third kappa shape index (κ3) is 6.25. The summed E-state index contributed by atoms with van der Waals surface area (Å²) in [6, 6.07) is 32.9. The number of hydrogen-bond donors (Lipinski definition) is 1. The topological polar surface area (TPSA) is 68.5 Å². The van der Waals surface area contributed by atoms with Crippen LogP contribution in [0.1, 0.15) is 32.7 Å². The zero-order chi connectivity index (χ0) is 27.2. The van der Waals surface area contributed by atoms with Crippen LogP contribution >= 0.6 is 11.6 Å². The van der Waals surface area contributed by atoms with Gasteiger partial charge in [0.25, 0.3) is 5.91 Å². The van der Waals surface area contributed by atoms with Crippen LogP contribution in [0, 0.1) is 13.8 Å². The minimum atomic E-state index is -0.397. The lowest BCUT2D eigenvalue weighted by Gasteiger charge is -2.10. The highest BCUT2D eigenvalue weighted by atomic mass is 35.5. The number of hydrazone groups is 1. The Kier molecular flexibility index (Phi) is 7.85. The predicted molar refractivity (Wildman–Crippen MR) is 156 cm³/mol. The molecule has 0 spiro atoms. The summed E-state index contributed by atoms with van der Waals surface area (Å²) in [5.41, 5.74) is 9.51. The van der Waals surface area contributed by atoms with Gasteiger partial charge in [0.15, 0.2) is 5.69 Å². The minimum Gasteiger partial charge on any atom is -0.489 e. The predicted octanol–water partition coefficient (Wildman–Crippen LogP) is 7.15. The first-order chi connectivity index (χ1) is 19.0. The quantitative estimate of drug-likeness (QED) is 0.170. The molecule has 0 fully saturated rings. The zero-order valence-corrected chi connectivity index (χ0v) is 22.4. The molecule has 4 aromatic carbocycles. The first-order valence-corrected chi connectivity index (χ1v) is 12.9. The maximum Gasteiger partial charge on any atom is 0.291 e. The van der Waals surface area contributed by atoms with Crippen molar-refractivity contribution in [1.82, 2.24) is 15.2 Å². The largest absolute Gasteiger partial charge is 0.489 e. The van der Waals surface area contributed by atoms with E-state index in [0.29, 0.717) is 17.4 Å². The third-order valence-electron chi connectivity index (χ3n) is 6.24. The fourth-order valence-corrected chi connectivity index (χ4v) is 4.25. The van der Waals surface area contributed by atoms with Crippen molar-refractivity contribution in [3.8, 4) is 22.7 Å². The molecule has 1 N–H and O–H groups in total. The summed E-state index contributed by atoms with van der Waals surface area (Å²) in [7, 11) is 0. The lowest BCUT2D eigenvalue weighted by molar-refractivity contribution is 0.0949. The molecule has 0 atom stereocenters. The Morgan fingerprint density at radius 2 is 1.67 bits per heavy atom. The molecule has 0 aliphatic carbocycles. The Balaban J connectivity index is 1.28. The number of amides is 1. The van der Waals surface area contributed by atoms with E-state index in [-0.39, 0.29) is 5.69 Å². The monoisotopic (exact) mass is 534 g/mol. The molecule has 0 unspecified atom stereocenters. The van der Waals surface area contributed by atoms with E-state index >= 15 is 0 Å². The maximum absolute atomic E-state index is 13.0. The van der Waals surface area contributed by atoms with Gasteiger partial charge in [-0.3, -0.25) is 4.79 Å². The van der Waals surface area contributed by atoms with Gasteiger partial charge in [-0.2, -0.15) is 10.2 Å². The standard InChI is InChI=1S/C32H27ClN4O2/c1-22-11-15-25(16-12-22)31-19-29(36-37(31)30-10-6-3-7-23(30)2)32(38)35-34-20-24-13-17-27(18-14-24)39-21-26-8-4-5-9-28(26)33/h3-20H,21H2,1-2H3,(H,35,38)/b34-20-. The number of rotatable bonds is 8. The van der Waals surface area contributed by atoms with Gasteiger partial charge in [-0.25, -0.2) is 10.1 Å². The number of aromatic nitrogens is 2. The molecule has 0 saturated heterocycles. The van der Waals surface area contributed by atoms with Crippen LogP contribution in [0.5, 0.6) is 5.75 Å². The zero-order valence-electron chi connectivity index (χ0n) is 21.6. The van der Waals surface area contributed by atoms with E-state index in [9.17, 15) is 4.79 Å². The summed E-state index contributed by atoms with van der Waals surface area (Å²) >= 11 is 6.19. The second-order valence-electron chi connectivity index (χ2n) is 9.13. The molecule has 0 radical (unpaired) electrons. The SMILES string of the molecule is Cc1ccc(-c2cc(C(=O)N/N=C\c3ccc(OCc4ccccc4Cl)cc3)nn2-c2ccccc2C)cc1. The molecule has 5 aromatic rings. The lowest BCUT2D eigenvalue weighted by Crippen LogP contribution is -2.18. The lowest BCUT2D eigenvalue weighted by atomic mass is 10.1. The van der Waals surface area contributed by atoms with Crippen molar-refractivity contribution < 1.29 is 9.53 Å². The number of ether oxygens (including phenoxy) is 1. The molecule has 0 bridgehead atoms. The van der Waals surface area contributed by atoms with Gasteiger partial charge in [0.1, 0.15) is 12.4 Å². The van der Waals surface area contributed by atoms with Crippen LogP contribution in [0.4, 0.5) is 0 Å². The van der Waals surface area contributed by atoms with Crippen LogP contribution in [0.15, 0.2) is 108 Å². The Morgan fingerprint density at radius 1 is 0.949 bits per heavy atom. The highest BCUT2D eigenvalue weighted by Gasteiger charge is 2.17. The average molecular weight is 535 g/mol. The number of halogens is 1. The second-order valence-corrected chi connectivity index (χ2v) is 9.53. The van der Waals surface area contributed by atoms with Crippen molar-refractivity contribution in [2.75, 3.05) is 0 Å². The summed E-state index contributed by atoms with van der Waals surface area (Å²) in [6.45, 7) is 4.44. The van der Waals surface area contributed by atoms with Gasteiger partial charge in [-0.05, 0) is 67.4 Å². The minimum absolute atomic E-state index is 0.272. The molecule has 5 rings (SSSR count). The number of benzene rings is 4. The first-order valence-electron chi connectivity index (χ1n) is 12.5. The van der Waals surface area contributed by atoms with E-state index in [1.54, 1.807) is 17.0 Å². The molecule has 6 nitrogen and oxygen atoms in total. The van der Waals surface area contributed by atoms with Crippen molar-refractivity contribution in [2.24, 2.45) is 5.10 Å². The molecule has 0 aliphatic heterocycles. The van der Waals surface area contributed by atoms with E-state index in [2.05, 4.69) is 15.6 Å². The van der Waals surface area contributed by atoms with Gasteiger partial charge in [-0.1, -0.05) is 77.8 Å². The smallest absolute Gasteiger partial charge is 0.291 e. The number of carbonyl (C=O) groups is 1. The van der Waals surface area contributed by atoms with Gasteiger partial charge in [0.05, 0.1) is 17.6 Å². The average Bonchev–Trinajstić information content (AvgIpc) is 3.39. The number of carbonyl (C=O) groups excluding carboxylic acids is 1. The fourth-order valence-electron chi connectivity index (χ4n) is 4.06. The molecular formula is C32H27ClN4O2. The summed E-state index contributed by atoms with van der Waals surface area (Å²) in [4.78, 5) is 13.0. The number of nitrogens with one attached hydrogen (secondary N) is 1. The highest BCUT2D eigenvalue weighted by Crippen LogP contribution is 2.26. The number of nitrogens with zero attached hydrogens (tertiary/aromatic N) is 3. The first kappa shape index (κ1) is 25.9. The van der Waals surface area contributed by atoms with Crippen molar-refractivity contribution >= 4 is 23.7 Å². The van der Waals surface area contributed by atoms with Gasteiger partial charge < -0.3 is 4.74 Å². The summed E-state index contributed by atoms with van der Waals surface area (Å²) in [6.07, 6.45) is 1.58. The summed E-state index contributed by atoms with van der Waals surface area (Å²) in [5, 5.41) is 9.44. The number of para-hydroxylation sites is 1. The fraction of sp³-hybridized carbons (Fsp3) is 0.0938. The highest BCUT2D eigenvalue weighted by molar-refractivity contribution is 6.31. The molecule has 39 heavy (non-hydrogen) atoms. The Morgan fingerprint density at radius 3 is 2.41 bits per heavy atom. The van der Waals surface area contributed by atoms with Gasteiger partial charge >= 0.3 is 0 Å². The van der Waals surface area contributed by atoms with Gasteiger partial charge in [-0.15, -0.1) is 0 Å². The van der Waals surface area contributed by atoms with Crippen LogP contribution in [-0.2, 0) is 6.61 Å². The Hall–Kier alpha value is -4.68. The van der Waals surface area contributed by atoms with Gasteiger partial charge in [0.2, 0.25) is 0 Å². The molecule has 0 saturated carbocycles. The molecular weight excluding hydrogens is 508 g/mol. The van der Waals surface area contributed by atoms with Crippen LogP contribution in [0.25, 0.3) is 16.9 Å². The van der Waals surface area contributed by atoms with Crippen LogP contribution in [0.2, 0.25) is 5.02 Å². The van der Waals surface area contributed by atoms with E-state index in [1.807, 2.05) is 111 Å². The molecule has 7 heteroatoms. The van der Waals surface area contributed by atoms with Crippen LogP contribution < -0.4 is 10.2 Å². The van der Waals surface area contributed by atoms with E-state index < -0.39 is 5.91 Å².